The molecule has 0 saturated carbocycles. The molecule has 0 aliphatic carbocycles. The number of H-pyrrole nitrogens is 1. The number of carbonyl (C=O) groups excluding carboxylic acids is 1. The summed E-state index contributed by atoms with van der Waals surface area (Å²) in [5, 5.41) is 0.615. The average Bonchev–Trinajstić information content (AvgIpc) is 3.00. The Bertz CT molecular complexity index is 1060. The van der Waals surface area contributed by atoms with Crippen molar-refractivity contribution in [3.63, 3.8) is 0 Å². The molecule has 1 heterocycles. The highest BCUT2D eigenvalue weighted by atomic mass is 32.2. The number of nitrogens with zero attached hydrogens (tertiary/aromatic N) is 1. The molecule has 0 saturated heterocycles. The van der Waals surface area contributed by atoms with Crippen molar-refractivity contribution in [1.82, 2.24) is 9.29 Å². The third-order valence-electron chi connectivity index (χ3n) is 4.58. The van der Waals surface area contributed by atoms with Crippen LogP contribution in [0.2, 0.25) is 0 Å². The molecule has 2 aromatic carbocycles. The second-order valence-corrected chi connectivity index (χ2v) is 8.14. The second-order valence-electron chi connectivity index (χ2n) is 6.20. The maximum absolute atomic E-state index is 12.8. The van der Waals surface area contributed by atoms with Gasteiger partial charge in [-0.3, -0.25) is 4.79 Å². The van der Waals surface area contributed by atoms with E-state index in [0.29, 0.717) is 29.7 Å². The summed E-state index contributed by atoms with van der Waals surface area (Å²) in [5.74, 6) is 0. The molecule has 0 amide bonds. The van der Waals surface area contributed by atoms with Gasteiger partial charge in [0, 0.05) is 29.6 Å². The number of nitrogens with one attached hydrogen (secondary N) is 1. The van der Waals surface area contributed by atoms with E-state index in [-0.39, 0.29) is 4.90 Å². The second kappa shape index (κ2) is 7.05. The lowest BCUT2D eigenvalue weighted by Crippen LogP contribution is -2.30. The van der Waals surface area contributed by atoms with Gasteiger partial charge in [0.05, 0.1) is 10.6 Å². The quantitative estimate of drug-likeness (QED) is 0.667. The van der Waals surface area contributed by atoms with Crippen LogP contribution in [0.25, 0.3) is 22.2 Å². The lowest BCUT2D eigenvalue weighted by Gasteiger charge is -2.18. The molecular formula is C20H22N2O3S. The topological polar surface area (TPSA) is 70.2 Å². The lowest BCUT2D eigenvalue weighted by molar-refractivity contribution is 0.112. The summed E-state index contributed by atoms with van der Waals surface area (Å²) < 4.78 is 27.0. The number of hydrogen-bond donors (Lipinski definition) is 1. The van der Waals surface area contributed by atoms with Gasteiger partial charge in [-0.15, -0.1) is 0 Å². The molecule has 0 atom stereocenters. The maximum Gasteiger partial charge on any atom is 0.243 e. The van der Waals surface area contributed by atoms with Crippen molar-refractivity contribution in [2.45, 2.75) is 25.7 Å². The molecule has 3 rings (SSSR count). The highest BCUT2D eigenvalue weighted by Crippen LogP contribution is 2.31. The summed E-state index contributed by atoms with van der Waals surface area (Å²) in [6.45, 7) is 6.41. The van der Waals surface area contributed by atoms with Gasteiger partial charge in [-0.1, -0.05) is 37.6 Å². The number of fused-ring (bicyclic) bond motifs is 1. The molecule has 5 nitrogen and oxygen atoms in total. The van der Waals surface area contributed by atoms with Gasteiger partial charge in [0.15, 0.2) is 6.29 Å². The van der Waals surface area contributed by atoms with Gasteiger partial charge >= 0.3 is 0 Å². The minimum atomic E-state index is -3.58. The molecular weight excluding hydrogens is 348 g/mol. The number of benzene rings is 2. The van der Waals surface area contributed by atoms with Gasteiger partial charge in [-0.2, -0.15) is 4.31 Å². The molecule has 3 aromatic rings. The zero-order chi connectivity index (χ0) is 18.9. The van der Waals surface area contributed by atoms with Gasteiger partial charge in [-0.25, -0.2) is 8.42 Å². The monoisotopic (exact) mass is 370 g/mol. The fourth-order valence-corrected chi connectivity index (χ4v) is 4.70. The van der Waals surface area contributed by atoms with E-state index in [9.17, 15) is 13.2 Å². The van der Waals surface area contributed by atoms with Crippen molar-refractivity contribution in [3.8, 4) is 11.3 Å². The number of hydrogen-bond acceptors (Lipinski definition) is 3. The molecule has 0 unspecified atom stereocenters. The number of rotatable bonds is 6. The van der Waals surface area contributed by atoms with E-state index in [0.717, 1.165) is 22.9 Å². The summed E-state index contributed by atoms with van der Waals surface area (Å²) in [6, 6.07) is 12.7. The first kappa shape index (κ1) is 18.4. The molecule has 136 valence electrons. The largest absolute Gasteiger partial charge is 0.354 e. The normalized spacial score (nSPS) is 12.0. The Hall–Kier alpha value is -2.44. The summed E-state index contributed by atoms with van der Waals surface area (Å²) in [4.78, 5) is 15.2. The van der Waals surface area contributed by atoms with Crippen molar-refractivity contribution in [2.75, 3.05) is 13.1 Å². The highest BCUT2D eigenvalue weighted by molar-refractivity contribution is 7.89. The minimum absolute atomic E-state index is 0.201. The fraction of sp³-hybridized carbons (Fsp3) is 0.250. The van der Waals surface area contributed by atoms with E-state index in [4.69, 9.17) is 0 Å². The third kappa shape index (κ3) is 3.06. The molecule has 1 N–H and O–H groups in total. The van der Waals surface area contributed by atoms with Crippen molar-refractivity contribution >= 4 is 27.2 Å². The van der Waals surface area contributed by atoms with Crippen LogP contribution in [0.4, 0.5) is 0 Å². The Morgan fingerprint density at radius 3 is 2.42 bits per heavy atom. The van der Waals surface area contributed by atoms with Crippen LogP contribution in [0, 0.1) is 6.92 Å². The molecule has 0 radical (unpaired) electrons. The standard InChI is InChI=1S/C20H22N2O3S/c1-4-22(5-2)26(24,25)16-9-10-19-17(12-16)18(13-23)20(21-19)15-8-6-7-14(3)11-15/h6-13,21H,4-5H2,1-3H3. The Morgan fingerprint density at radius 2 is 1.81 bits per heavy atom. The molecule has 0 aliphatic heterocycles. The van der Waals surface area contributed by atoms with Crippen LogP contribution < -0.4 is 0 Å². The molecule has 0 bridgehead atoms. The van der Waals surface area contributed by atoms with Gasteiger partial charge in [-0.05, 0) is 36.8 Å². The number of aryl methyl sites for hydroxylation is 1. The molecule has 6 heteroatoms. The Morgan fingerprint density at radius 1 is 1.08 bits per heavy atom. The van der Waals surface area contributed by atoms with Crippen molar-refractivity contribution in [2.24, 2.45) is 0 Å². The molecule has 0 spiro atoms. The van der Waals surface area contributed by atoms with Gasteiger partial charge in [0.1, 0.15) is 0 Å². The van der Waals surface area contributed by atoms with Crippen LogP contribution >= 0.6 is 0 Å². The molecule has 1 aromatic heterocycles. The van der Waals surface area contributed by atoms with Crippen molar-refractivity contribution < 1.29 is 13.2 Å². The maximum atomic E-state index is 12.8. The predicted molar refractivity (Wildman–Crippen MR) is 104 cm³/mol. The first-order valence-corrected chi connectivity index (χ1v) is 10.0. The number of aldehydes is 1. The van der Waals surface area contributed by atoms with Crippen LogP contribution in [0.5, 0.6) is 0 Å². The van der Waals surface area contributed by atoms with E-state index in [1.54, 1.807) is 18.2 Å². The SMILES string of the molecule is CCN(CC)S(=O)(=O)c1ccc2[nH]c(-c3cccc(C)c3)c(C=O)c2c1. The number of carbonyl (C=O) groups is 1. The van der Waals surface area contributed by atoms with Crippen molar-refractivity contribution in [1.29, 1.82) is 0 Å². The van der Waals surface area contributed by atoms with Crippen LogP contribution in [-0.4, -0.2) is 37.1 Å². The van der Waals surface area contributed by atoms with Crippen LogP contribution in [0.1, 0.15) is 29.8 Å². The Kier molecular flexibility index (Phi) is 4.98. The van der Waals surface area contributed by atoms with E-state index in [1.165, 1.54) is 4.31 Å². The van der Waals surface area contributed by atoms with Gasteiger partial charge in [0.2, 0.25) is 10.0 Å². The average molecular weight is 370 g/mol. The zero-order valence-electron chi connectivity index (χ0n) is 15.1. The molecule has 0 fully saturated rings. The first-order valence-electron chi connectivity index (χ1n) is 8.60. The summed E-state index contributed by atoms with van der Waals surface area (Å²) in [7, 11) is -3.58. The smallest absolute Gasteiger partial charge is 0.243 e. The van der Waals surface area contributed by atoms with Gasteiger partial charge in [0.25, 0.3) is 0 Å². The zero-order valence-corrected chi connectivity index (χ0v) is 15.9. The lowest BCUT2D eigenvalue weighted by atomic mass is 10.0. The fourth-order valence-electron chi connectivity index (χ4n) is 3.22. The summed E-state index contributed by atoms with van der Waals surface area (Å²) >= 11 is 0. The predicted octanol–water partition coefficient (Wildman–Crippen LogP) is 3.99. The number of aromatic nitrogens is 1. The third-order valence-corrected chi connectivity index (χ3v) is 6.62. The number of aromatic amines is 1. The van der Waals surface area contributed by atoms with E-state index in [1.807, 2.05) is 45.0 Å². The molecule has 26 heavy (non-hydrogen) atoms. The Labute approximate surface area is 153 Å². The van der Waals surface area contributed by atoms with E-state index < -0.39 is 10.0 Å². The van der Waals surface area contributed by atoms with Gasteiger partial charge < -0.3 is 4.98 Å². The van der Waals surface area contributed by atoms with Crippen molar-refractivity contribution in [3.05, 3.63) is 53.6 Å². The minimum Gasteiger partial charge on any atom is -0.354 e. The highest BCUT2D eigenvalue weighted by Gasteiger charge is 2.23. The van der Waals surface area contributed by atoms with Crippen LogP contribution in [0.3, 0.4) is 0 Å². The first-order chi connectivity index (χ1) is 12.4. The molecule has 0 aliphatic rings. The van der Waals surface area contributed by atoms with E-state index >= 15 is 0 Å². The summed E-state index contributed by atoms with van der Waals surface area (Å²) in [5.41, 5.74) is 3.90. The van der Waals surface area contributed by atoms with E-state index in [2.05, 4.69) is 4.98 Å². The van der Waals surface area contributed by atoms with Crippen LogP contribution in [-0.2, 0) is 10.0 Å². The summed E-state index contributed by atoms with van der Waals surface area (Å²) in [6.07, 6.45) is 0.782. The van der Waals surface area contributed by atoms with Crippen LogP contribution in [0.15, 0.2) is 47.4 Å². The number of sulfonamides is 1. The Balaban J connectivity index is 2.21.